The highest BCUT2D eigenvalue weighted by Gasteiger charge is 2.16. The molecule has 0 aliphatic carbocycles. The summed E-state index contributed by atoms with van der Waals surface area (Å²) >= 11 is 0. The molecule has 1 aromatic rings. The van der Waals surface area contributed by atoms with Gasteiger partial charge >= 0.3 is 0 Å². The summed E-state index contributed by atoms with van der Waals surface area (Å²) in [4.78, 5) is 4.07. The second-order valence-corrected chi connectivity index (χ2v) is 4.19. The Morgan fingerprint density at radius 1 is 1.60 bits per heavy atom. The third kappa shape index (κ3) is 3.22. The molecule has 0 unspecified atom stereocenters. The number of aliphatic hydroxyl groups is 1. The van der Waals surface area contributed by atoms with Crippen LogP contribution in [-0.2, 0) is 0 Å². The van der Waals surface area contributed by atoms with Gasteiger partial charge in [-0.25, -0.2) is 4.98 Å². The maximum atomic E-state index is 9.07. The molecule has 0 aliphatic rings. The van der Waals surface area contributed by atoms with E-state index in [-0.39, 0.29) is 12.0 Å². The Morgan fingerprint density at radius 2 is 2.33 bits per heavy atom. The van der Waals surface area contributed by atoms with Gasteiger partial charge in [0.25, 0.3) is 0 Å². The number of hydrogen-bond donors (Lipinski definition) is 2. The molecule has 0 saturated heterocycles. The monoisotopic (exact) mass is 205 g/mol. The Balaban J connectivity index is 2.70. The highest BCUT2D eigenvalue weighted by Crippen LogP contribution is 2.16. The van der Waals surface area contributed by atoms with Crippen molar-refractivity contribution in [3.63, 3.8) is 0 Å². The summed E-state index contributed by atoms with van der Waals surface area (Å²) in [6, 6.07) is 5.50. The SMILES string of the molecule is CC(C)(CO)CNc1ncccc1C#N. The van der Waals surface area contributed by atoms with Gasteiger partial charge in [-0.2, -0.15) is 5.26 Å². The first-order valence-corrected chi connectivity index (χ1v) is 4.79. The van der Waals surface area contributed by atoms with Crippen molar-refractivity contribution in [3.8, 4) is 6.07 Å². The van der Waals surface area contributed by atoms with Gasteiger partial charge in [-0.15, -0.1) is 0 Å². The van der Waals surface area contributed by atoms with Crippen LogP contribution >= 0.6 is 0 Å². The van der Waals surface area contributed by atoms with Crippen LogP contribution in [0.25, 0.3) is 0 Å². The van der Waals surface area contributed by atoms with Gasteiger partial charge in [0.15, 0.2) is 0 Å². The normalized spacial score (nSPS) is 10.8. The van der Waals surface area contributed by atoms with Gasteiger partial charge in [0.05, 0.1) is 5.56 Å². The maximum absolute atomic E-state index is 9.07. The third-order valence-corrected chi connectivity index (χ3v) is 2.09. The Hall–Kier alpha value is -1.60. The van der Waals surface area contributed by atoms with Gasteiger partial charge < -0.3 is 10.4 Å². The van der Waals surface area contributed by atoms with Crippen LogP contribution in [0.2, 0.25) is 0 Å². The summed E-state index contributed by atoms with van der Waals surface area (Å²) in [5.41, 5.74) is 0.302. The molecule has 15 heavy (non-hydrogen) atoms. The number of nitrogens with zero attached hydrogens (tertiary/aromatic N) is 2. The van der Waals surface area contributed by atoms with Crippen molar-refractivity contribution in [3.05, 3.63) is 23.9 Å². The van der Waals surface area contributed by atoms with Crippen LogP contribution in [0.3, 0.4) is 0 Å². The molecule has 4 heteroatoms. The molecule has 1 rings (SSSR count). The summed E-state index contributed by atoms with van der Waals surface area (Å²) in [6.45, 7) is 4.55. The van der Waals surface area contributed by atoms with E-state index in [0.29, 0.717) is 17.9 Å². The van der Waals surface area contributed by atoms with Gasteiger partial charge in [0.2, 0.25) is 0 Å². The van der Waals surface area contributed by atoms with Crippen LogP contribution < -0.4 is 5.32 Å². The fourth-order valence-electron chi connectivity index (χ4n) is 1.02. The zero-order valence-corrected chi connectivity index (χ0v) is 8.99. The fourth-order valence-corrected chi connectivity index (χ4v) is 1.02. The average Bonchev–Trinajstić information content (AvgIpc) is 2.27. The Bertz CT molecular complexity index is 368. The van der Waals surface area contributed by atoms with E-state index in [0.717, 1.165) is 0 Å². The van der Waals surface area contributed by atoms with Gasteiger partial charge in [-0.1, -0.05) is 13.8 Å². The second kappa shape index (κ2) is 4.76. The van der Waals surface area contributed by atoms with Crippen molar-refractivity contribution >= 4 is 5.82 Å². The minimum Gasteiger partial charge on any atom is -0.396 e. The molecule has 0 atom stereocenters. The van der Waals surface area contributed by atoms with Crippen LogP contribution in [0.1, 0.15) is 19.4 Å². The molecule has 1 aromatic heterocycles. The van der Waals surface area contributed by atoms with Gasteiger partial charge in [0, 0.05) is 24.8 Å². The number of pyridine rings is 1. The Morgan fingerprint density at radius 3 is 2.93 bits per heavy atom. The fraction of sp³-hybridized carbons (Fsp3) is 0.455. The smallest absolute Gasteiger partial charge is 0.143 e. The predicted octanol–water partition coefficient (Wildman–Crippen LogP) is 1.38. The molecular formula is C11H15N3O. The lowest BCUT2D eigenvalue weighted by molar-refractivity contribution is 0.170. The number of aromatic nitrogens is 1. The van der Waals surface area contributed by atoms with Gasteiger partial charge in [-0.3, -0.25) is 0 Å². The van der Waals surface area contributed by atoms with E-state index in [1.807, 2.05) is 13.8 Å². The van der Waals surface area contributed by atoms with E-state index in [2.05, 4.69) is 16.4 Å². The number of nitrogens with one attached hydrogen (secondary N) is 1. The zero-order chi connectivity index (χ0) is 11.3. The third-order valence-electron chi connectivity index (χ3n) is 2.09. The lowest BCUT2D eigenvalue weighted by Gasteiger charge is -2.22. The van der Waals surface area contributed by atoms with Gasteiger partial charge in [0.1, 0.15) is 11.9 Å². The molecule has 80 valence electrons. The number of nitriles is 1. The van der Waals surface area contributed by atoms with E-state index in [4.69, 9.17) is 10.4 Å². The molecule has 1 heterocycles. The summed E-state index contributed by atoms with van der Waals surface area (Å²) in [7, 11) is 0. The topological polar surface area (TPSA) is 68.9 Å². The molecule has 2 N–H and O–H groups in total. The molecule has 0 amide bonds. The molecule has 0 fully saturated rings. The molecule has 4 nitrogen and oxygen atoms in total. The molecule has 0 saturated carbocycles. The lowest BCUT2D eigenvalue weighted by atomic mass is 9.95. The lowest BCUT2D eigenvalue weighted by Crippen LogP contribution is -2.27. The first-order chi connectivity index (χ1) is 7.09. The summed E-state index contributed by atoms with van der Waals surface area (Å²) in [5.74, 6) is 0.571. The van der Waals surface area contributed by atoms with E-state index in [1.54, 1.807) is 18.3 Å². The van der Waals surface area contributed by atoms with Crippen LogP contribution in [0.15, 0.2) is 18.3 Å². The van der Waals surface area contributed by atoms with Crippen LogP contribution in [-0.4, -0.2) is 23.2 Å². The molecule has 0 aliphatic heterocycles. The zero-order valence-electron chi connectivity index (χ0n) is 8.99. The van der Waals surface area contributed by atoms with Crippen molar-refractivity contribution in [1.82, 2.24) is 4.98 Å². The highest BCUT2D eigenvalue weighted by molar-refractivity contribution is 5.51. The minimum absolute atomic E-state index is 0.0920. The van der Waals surface area contributed by atoms with E-state index in [1.165, 1.54) is 0 Å². The number of aliphatic hydroxyl groups excluding tert-OH is 1. The molecule has 0 spiro atoms. The molecule has 0 radical (unpaired) electrons. The predicted molar refractivity (Wildman–Crippen MR) is 58.3 cm³/mol. The highest BCUT2D eigenvalue weighted by atomic mass is 16.3. The largest absolute Gasteiger partial charge is 0.396 e. The van der Waals surface area contributed by atoms with E-state index < -0.39 is 0 Å². The number of hydrogen-bond acceptors (Lipinski definition) is 4. The first kappa shape index (κ1) is 11.5. The Labute approximate surface area is 89.6 Å². The minimum atomic E-state index is -0.218. The summed E-state index contributed by atoms with van der Waals surface area (Å²) in [6.07, 6.45) is 1.63. The molecule has 0 bridgehead atoms. The van der Waals surface area contributed by atoms with Crippen molar-refractivity contribution in [2.24, 2.45) is 5.41 Å². The van der Waals surface area contributed by atoms with Crippen LogP contribution in [0, 0.1) is 16.7 Å². The summed E-state index contributed by atoms with van der Waals surface area (Å²) in [5, 5.41) is 21.0. The Kier molecular flexibility index (Phi) is 3.64. The van der Waals surface area contributed by atoms with E-state index in [9.17, 15) is 0 Å². The first-order valence-electron chi connectivity index (χ1n) is 4.79. The molecular weight excluding hydrogens is 190 g/mol. The maximum Gasteiger partial charge on any atom is 0.143 e. The number of anilines is 1. The van der Waals surface area contributed by atoms with Crippen molar-refractivity contribution in [2.75, 3.05) is 18.5 Å². The standard InChI is InChI=1S/C11H15N3O/c1-11(2,8-15)7-14-10-9(6-12)4-3-5-13-10/h3-5,15H,7-8H2,1-2H3,(H,13,14). The van der Waals surface area contributed by atoms with Crippen molar-refractivity contribution in [2.45, 2.75) is 13.8 Å². The molecule has 0 aromatic carbocycles. The van der Waals surface area contributed by atoms with Crippen molar-refractivity contribution in [1.29, 1.82) is 5.26 Å². The van der Waals surface area contributed by atoms with E-state index >= 15 is 0 Å². The second-order valence-electron chi connectivity index (χ2n) is 4.19. The van der Waals surface area contributed by atoms with Gasteiger partial charge in [-0.05, 0) is 12.1 Å². The van der Waals surface area contributed by atoms with Crippen LogP contribution in [0.5, 0.6) is 0 Å². The summed E-state index contributed by atoms with van der Waals surface area (Å²) < 4.78 is 0. The number of rotatable bonds is 4. The van der Waals surface area contributed by atoms with Crippen molar-refractivity contribution < 1.29 is 5.11 Å². The average molecular weight is 205 g/mol. The quantitative estimate of drug-likeness (QED) is 0.779. The van der Waals surface area contributed by atoms with Crippen LogP contribution in [0.4, 0.5) is 5.82 Å².